The van der Waals surface area contributed by atoms with Crippen LogP contribution in [0.25, 0.3) is 0 Å². The third-order valence-corrected chi connectivity index (χ3v) is 6.26. The minimum Gasteiger partial charge on any atom is -0.493 e. The fourth-order valence-electron chi connectivity index (χ4n) is 4.31. The second-order valence-corrected chi connectivity index (χ2v) is 8.93. The Morgan fingerprint density at radius 1 is 1.28 bits per heavy atom. The number of nitrogens with zero attached hydrogens (tertiary/aromatic N) is 3. The van der Waals surface area contributed by atoms with Crippen LogP contribution in [-0.4, -0.2) is 47.1 Å². The first kappa shape index (κ1) is 22.6. The van der Waals surface area contributed by atoms with Crippen LogP contribution in [0.4, 0.5) is 5.82 Å². The molecule has 1 atom stereocenters. The normalized spacial score (nSPS) is 19.8. The van der Waals surface area contributed by atoms with Gasteiger partial charge in [0.1, 0.15) is 17.7 Å². The maximum atomic E-state index is 6.31. The average Bonchev–Trinajstić information content (AvgIpc) is 3.46. The van der Waals surface area contributed by atoms with E-state index in [0.29, 0.717) is 13.1 Å². The van der Waals surface area contributed by atoms with Gasteiger partial charge in [-0.25, -0.2) is 4.98 Å². The van der Waals surface area contributed by atoms with Gasteiger partial charge in [0.15, 0.2) is 23.2 Å². The SMILES string of the molecule is CCN=C1NC(C=S)N(Cc2ccc(OC)c(OC3CCCC3)c2)c2nc(C(C)C)[nH]c21. The first-order valence-corrected chi connectivity index (χ1v) is 12.0. The van der Waals surface area contributed by atoms with Gasteiger partial charge >= 0.3 is 0 Å². The van der Waals surface area contributed by atoms with Crippen molar-refractivity contribution in [2.24, 2.45) is 4.99 Å². The zero-order chi connectivity index (χ0) is 22.7. The monoisotopic (exact) mass is 455 g/mol. The first-order valence-electron chi connectivity index (χ1n) is 11.5. The van der Waals surface area contributed by atoms with E-state index >= 15 is 0 Å². The van der Waals surface area contributed by atoms with Crippen LogP contribution in [0.5, 0.6) is 11.5 Å². The van der Waals surface area contributed by atoms with Crippen molar-refractivity contribution in [1.82, 2.24) is 15.3 Å². The number of benzene rings is 1. The molecule has 0 saturated heterocycles. The lowest BCUT2D eigenvalue weighted by atomic mass is 10.1. The van der Waals surface area contributed by atoms with Crippen LogP contribution in [-0.2, 0) is 6.54 Å². The van der Waals surface area contributed by atoms with E-state index in [0.717, 1.165) is 53.1 Å². The number of fused-ring (bicyclic) bond motifs is 1. The lowest BCUT2D eigenvalue weighted by molar-refractivity contribution is 0.200. The number of aromatic nitrogens is 2. The maximum Gasteiger partial charge on any atom is 0.161 e. The third kappa shape index (κ3) is 4.60. The Hall–Kier alpha value is -2.61. The lowest BCUT2D eigenvalue weighted by Crippen LogP contribution is -2.53. The summed E-state index contributed by atoms with van der Waals surface area (Å²) in [6, 6.07) is 6.15. The molecule has 4 rings (SSSR count). The molecule has 0 radical (unpaired) electrons. The molecule has 7 nitrogen and oxygen atoms in total. The number of nitrogens with one attached hydrogen (secondary N) is 2. The van der Waals surface area contributed by atoms with Crippen LogP contribution in [0.3, 0.4) is 0 Å². The Labute approximate surface area is 195 Å². The molecule has 1 aliphatic heterocycles. The van der Waals surface area contributed by atoms with E-state index in [1.807, 2.05) is 13.0 Å². The van der Waals surface area contributed by atoms with Crippen LogP contribution in [0.15, 0.2) is 23.2 Å². The fraction of sp³-hybridized carbons (Fsp3) is 0.542. The van der Waals surface area contributed by atoms with Gasteiger partial charge in [0.25, 0.3) is 0 Å². The number of methoxy groups -OCH3 is 1. The zero-order valence-corrected chi connectivity index (χ0v) is 20.2. The van der Waals surface area contributed by atoms with Crippen molar-refractivity contribution in [3.05, 3.63) is 35.3 Å². The number of thiocarbonyl (C=S) groups is 1. The average molecular weight is 456 g/mol. The molecule has 172 valence electrons. The predicted octanol–water partition coefficient (Wildman–Crippen LogP) is 4.57. The van der Waals surface area contributed by atoms with Crippen LogP contribution in [0.1, 0.15) is 69.5 Å². The molecule has 0 amide bonds. The lowest BCUT2D eigenvalue weighted by Gasteiger charge is -2.35. The van der Waals surface area contributed by atoms with Gasteiger partial charge in [-0.05, 0) is 50.3 Å². The predicted molar refractivity (Wildman–Crippen MR) is 132 cm³/mol. The van der Waals surface area contributed by atoms with Crippen molar-refractivity contribution in [2.75, 3.05) is 18.6 Å². The highest BCUT2D eigenvalue weighted by atomic mass is 32.1. The number of hydrogen-bond donors (Lipinski definition) is 2. The van der Waals surface area contributed by atoms with E-state index in [-0.39, 0.29) is 18.2 Å². The molecule has 1 aromatic carbocycles. The smallest absolute Gasteiger partial charge is 0.161 e. The molecular weight excluding hydrogens is 422 g/mol. The van der Waals surface area contributed by atoms with Gasteiger partial charge in [0.05, 0.1) is 13.2 Å². The molecule has 1 aromatic heterocycles. The summed E-state index contributed by atoms with van der Waals surface area (Å²) in [5.74, 6) is 4.48. The number of hydrogen-bond acceptors (Lipinski definition) is 6. The molecule has 1 unspecified atom stereocenters. The Morgan fingerprint density at radius 2 is 2.06 bits per heavy atom. The topological polar surface area (TPSA) is 74.8 Å². The number of aromatic amines is 1. The highest BCUT2D eigenvalue weighted by Gasteiger charge is 2.32. The zero-order valence-electron chi connectivity index (χ0n) is 19.4. The van der Waals surface area contributed by atoms with E-state index < -0.39 is 0 Å². The van der Waals surface area contributed by atoms with E-state index in [2.05, 4.69) is 46.2 Å². The second kappa shape index (κ2) is 9.90. The molecular formula is C24H33N5O2S. The maximum absolute atomic E-state index is 6.31. The van der Waals surface area contributed by atoms with Crippen LogP contribution in [0, 0.1) is 0 Å². The minimum atomic E-state index is -0.188. The van der Waals surface area contributed by atoms with Crippen LogP contribution in [0.2, 0.25) is 0 Å². The summed E-state index contributed by atoms with van der Waals surface area (Å²) in [5, 5.41) is 5.20. The van der Waals surface area contributed by atoms with Crippen molar-refractivity contribution >= 4 is 29.2 Å². The Bertz CT molecular complexity index is 981. The number of amidine groups is 1. The van der Waals surface area contributed by atoms with Crippen molar-refractivity contribution in [3.8, 4) is 11.5 Å². The van der Waals surface area contributed by atoms with Crippen LogP contribution < -0.4 is 19.7 Å². The summed E-state index contributed by atoms with van der Waals surface area (Å²) < 4.78 is 11.9. The van der Waals surface area contributed by atoms with Crippen molar-refractivity contribution in [2.45, 2.75) is 71.2 Å². The number of rotatable bonds is 8. The molecule has 2 N–H and O–H groups in total. The molecule has 0 spiro atoms. The summed E-state index contributed by atoms with van der Waals surface area (Å²) >= 11 is 5.38. The van der Waals surface area contributed by atoms with Crippen molar-refractivity contribution in [1.29, 1.82) is 0 Å². The van der Waals surface area contributed by atoms with Gasteiger partial charge in [-0.1, -0.05) is 32.1 Å². The number of imidazole rings is 1. The number of ether oxygens (including phenoxy) is 2. The molecule has 2 aromatic rings. The van der Waals surface area contributed by atoms with Gasteiger partial charge in [0, 0.05) is 24.4 Å². The summed E-state index contributed by atoms with van der Waals surface area (Å²) in [4.78, 5) is 15.2. The van der Waals surface area contributed by atoms with E-state index in [1.165, 1.54) is 12.8 Å². The highest BCUT2D eigenvalue weighted by molar-refractivity contribution is 7.79. The quantitative estimate of drug-likeness (QED) is 0.568. The summed E-state index contributed by atoms with van der Waals surface area (Å²) in [5.41, 5.74) is 2.03. The first-order chi connectivity index (χ1) is 15.5. The van der Waals surface area contributed by atoms with Gasteiger partial charge in [-0.2, -0.15) is 0 Å². The van der Waals surface area contributed by atoms with Gasteiger partial charge < -0.3 is 24.7 Å². The largest absolute Gasteiger partial charge is 0.493 e. The van der Waals surface area contributed by atoms with E-state index in [9.17, 15) is 0 Å². The summed E-state index contributed by atoms with van der Waals surface area (Å²) in [6.45, 7) is 7.60. The molecule has 32 heavy (non-hydrogen) atoms. The third-order valence-electron chi connectivity index (χ3n) is 6.00. The molecule has 2 heterocycles. The molecule has 1 fully saturated rings. The highest BCUT2D eigenvalue weighted by Crippen LogP contribution is 2.34. The Balaban J connectivity index is 1.67. The van der Waals surface area contributed by atoms with E-state index in [4.69, 9.17) is 26.7 Å². The fourth-order valence-corrected chi connectivity index (χ4v) is 4.52. The van der Waals surface area contributed by atoms with Gasteiger partial charge in [0.2, 0.25) is 0 Å². The molecule has 1 aliphatic carbocycles. The molecule has 1 saturated carbocycles. The van der Waals surface area contributed by atoms with E-state index in [1.54, 1.807) is 12.5 Å². The number of anilines is 1. The summed E-state index contributed by atoms with van der Waals surface area (Å²) in [6.07, 6.45) is 4.74. The van der Waals surface area contributed by atoms with Crippen molar-refractivity contribution in [3.63, 3.8) is 0 Å². The Morgan fingerprint density at radius 3 is 2.72 bits per heavy atom. The Kier molecular flexibility index (Phi) is 6.98. The van der Waals surface area contributed by atoms with Crippen molar-refractivity contribution < 1.29 is 9.47 Å². The standard InChI is InChI=1S/C24H33N5O2S/c1-5-25-23-21-24(28-22(27-21)15(2)3)29(20(14-32)26-23)13-16-10-11-18(30-4)19(12-16)31-17-8-6-7-9-17/h10-12,14-15,17,20H,5-9,13H2,1-4H3,(H,25,26)(H,27,28). The molecule has 0 bridgehead atoms. The molecule has 2 aliphatic rings. The second-order valence-electron chi connectivity index (χ2n) is 8.66. The van der Waals surface area contributed by atoms with Crippen LogP contribution >= 0.6 is 12.2 Å². The van der Waals surface area contributed by atoms with Gasteiger partial charge in [-0.15, -0.1) is 0 Å². The minimum absolute atomic E-state index is 0.188. The summed E-state index contributed by atoms with van der Waals surface area (Å²) in [7, 11) is 1.69. The number of aliphatic imine (C=N–C) groups is 1. The molecule has 8 heteroatoms. The number of H-pyrrole nitrogens is 1. The van der Waals surface area contributed by atoms with Gasteiger partial charge in [-0.3, -0.25) is 4.99 Å².